The molecule has 22 heavy (non-hydrogen) atoms. The largest absolute Gasteiger partial charge is 0.497 e. The van der Waals surface area contributed by atoms with Gasteiger partial charge in [0.2, 0.25) is 0 Å². The van der Waals surface area contributed by atoms with E-state index in [9.17, 15) is 4.39 Å². The van der Waals surface area contributed by atoms with Gasteiger partial charge in [-0.2, -0.15) is 0 Å². The summed E-state index contributed by atoms with van der Waals surface area (Å²) in [5.74, 6) is 1.07. The molecule has 0 bridgehead atoms. The Labute approximate surface area is 128 Å². The van der Waals surface area contributed by atoms with Crippen molar-refractivity contribution in [1.29, 1.82) is 0 Å². The second-order valence-corrected chi connectivity index (χ2v) is 5.30. The third-order valence-corrected chi connectivity index (χ3v) is 3.73. The Kier molecular flexibility index (Phi) is 3.96. The molecule has 1 aliphatic rings. The van der Waals surface area contributed by atoms with E-state index in [1.54, 1.807) is 13.2 Å². The lowest BCUT2D eigenvalue weighted by Gasteiger charge is -2.06. The molecule has 2 atom stereocenters. The molecule has 1 saturated carbocycles. The van der Waals surface area contributed by atoms with Crippen LogP contribution < -0.4 is 15.8 Å². The van der Waals surface area contributed by atoms with Crippen LogP contribution >= 0.6 is 0 Å². The molecule has 0 saturated heterocycles. The Bertz CT molecular complexity index is 685. The molecule has 2 aromatic carbocycles. The molecule has 0 radical (unpaired) electrons. The van der Waals surface area contributed by atoms with Crippen molar-refractivity contribution < 1.29 is 9.13 Å². The van der Waals surface area contributed by atoms with Gasteiger partial charge in [0.05, 0.1) is 13.2 Å². The number of guanidine groups is 1. The van der Waals surface area contributed by atoms with Crippen LogP contribution in [0.1, 0.15) is 17.9 Å². The van der Waals surface area contributed by atoms with E-state index in [1.807, 2.05) is 36.4 Å². The van der Waals surface area contributed by atoms with Crippen LogP contribution in [0.3, 0.4) is 0 Å². The second kappa shape index (κ2) is 6.05. The molecule has 0 spiro atoms. The summed E-state index contributed by atoms with van der Waals surface area (Å²) in [7, 11) is 1.62. The van der Waals surface area contributed by atoms with Crippen LogP contribution in [0.2, 0.25) is 0 Å². The number of halogens is 1. The Hall–Kier alpha value is -2.56. The van der Waals surface area contributed by atoms with Crippen molar-refractivity contribution in [2.75, 3.05) is 12.4 Å². The molecule has 0 heterocycles. The first-order chi connectivity index (χ1) is 10.7. The van der Waals surface area contributed by atoms with Gasteiger partial charge >= 0.3 is 0 Å². The molecule has 114 valence electrons. The fraction of sp³-hybridized carbons (Fsp3) is 0.235. The molecule has 0 aliphatic heterocycles. The van der Waals surface area contributed by atoms with Gasteiger partial charge in [-0.15, -0.1) is 0 Å². The number of nitrogens with one attached hydrogen (secondary N) is 1. The molecule has 5 heteroatoms. The number of rotatable bonds is 4. The average Bonchev–Trinajstić information content (AvgIpc) is 3.27. The summed E-state index contributed by atoms with van der Waals surface area (Å²) in [6.45, 7) is 0. The van der Waals surface area contributed by atoms with Crippen LogP contribution in [0.25, 0.3) is 0 Å². The van der Waals surface area contributed by atoms with E-state index in [-0.39, 0.29) is 17.8 Å². The van der Waals surface area contributed by atoms with Crippen molar-refractivity contribution >= 4 is 11.6 Å². The first-order valence-corrected chi connectivity index (χ1v) is 7.16. The van der Waals surface area contributed by atoms with E-state index in [1.165, 1.54) is 6.07 Å². The van der Waals surface area contributed by atoms with E-state index in [0.717, 1.165) is 17.9 Å². The standard InChI is InChI=1S/C17H18FN3O/c1-22-12-8-6-11(7-9-12)20-17(19)21-16-10-14(16)13-4-2-3-5-15(13)18/h2-9,14,16H,10H2,1H3,(H3,19,20,21). The van der Waals surface area contributed by atoms with Crippen molar-refractivity contribution in [3.05, 3.63) is 59.9 Å². The minimum atomic E-state index is -0.174. The highest BCUT2D eigenvalue weighted by atomic mass is 19.1. The van der Waals surface area contributed by atoms with E-state index in [2.05, 4.69) is 10.3 Å². The Balaban J connectivity index is 1.62. The van der Waals surface area contributed by atoms with Crippen molar-refractivity contribution in [2.45, 2.75) is 18.4 Å². The number of aliphatic imine (C=N–C) groups is 1. The lowest BCUT2D eigenvalue weighted by molar-refractivity contribution is 0.415. The zero-order chi connectivity index (χ0) is 15.5. The van der Waals surface area contributed by atoms with Crippen LogP contribution in [0.5, 0.6) is 5.75 Å². The number of benzene rings is 2. The molecule has 1 fully saturated rings. The number of nitrogens with two attached hydrogens (primary N) is 1. The van der Waals surface area contributed by atoms with E-state index in [0.29, 0.717) is 11.5 Å². The number of nitrogens with zero attached hydrogens (tertiary/aromatic N) is 1. The zero-order valence-corrected chi connectivity index (χ0v) is 12.3. The number of hydrogen-bond donors (Lipinski definition) is 2. The SMILES string of the molecule is COc1ccc(NC(N)=NC2CC2c2ccccc2F)cc1. The Morgan fingerprint density at radius 3 is 2.64 bits per heavy atom. The van der Waals surface area contributed by atoms with Crippen molar-refractivity contribution in [1.82, 2.24) is 0 Å². The van der Waals surface area contributed by atoms with Crippen LogP contribution in [0.4, 0.5) is 10.1 Å². The van der Waals surface area contributed by atoms with Gasteiger partial charge in [0.25, 0.3) is 0 Å². The fourth-order valence-corrected chi connectivity index (χ4v) is 2.47. The molecular formula is C17H18FN3O. The highest BCUT2D eigenvalue weighted by Crippen LogP contribution is 2.44. The van der Waals surface area contributed by atoms with Gasteiger partial charge in [0.1, 0.15) is 11.6 Å². The third-order valence-electron chi connectivity index (χ3n) is 3.73. The highest BCUT2D eigenvalue weighted by molar-refractivity contribution is 5.92. The van der Waals surface area contributed by atoms with E-state index in [4.69, 9.17) is 10.5 Å². The average molecular weight is 299 g/mol. The molecule has 3 N–H and O–H groups in total. The molecule has 0 amide bonds. The number of hydrogen-bond acceptors (Lipinski definition) is 2. The quantitative estimate of drug-likeness (QED) is 0.673. The van der Waals surface area contributed by atoms with Gasteiger partial charge < -0.3 is 15.8 Å². The lowest BCUT2D eigenvalue weighted by Crippen LogP contribution is -2.23. The van der Waals surface area contributed by atoms with E-state index >= 15 is 0 Å². The second-order valence-electron chi connectivity index (χ2n) is 5.30. The predicted molar refractivity (Wildman–Crippen MR) is 85.8 cm³/mol. The minimum Gasteiger partial charge on any atom is -0.497 e. The minimum absolute atomic E-state index is 0.0441. The Morgan fingerprint density at radius 2 is 1.95 bits per heavy atom. The van der Waals surface area contributed by atoms with Gasteiger partial charge in [-0.05, 0) is 42.3 Å². The zero-order valence-electron chi connectivity index (χ0n) is 12.3. The molecule has 4 nitrogen and oxygen atoms in total. The number of anilines is 1. The first-order valence-electron chi connectivity index (χ1n) is 7.16. The maximum Gasteiger partial charge on any atom is 0.193 e. The summed E-state index contributed by atoms with van der Waals surface area (Å²) in [5, 5.41) is 3.03. The van der Waals surface area contributed by atoms with Gasteiger partial charge in [-0.1, -0.05) is 18.2 Å². The topological polar surface area (TPSA) is 59.6 Å². The maximum absolute atomic E-state index is 13.7. The van der Waals surface area contributed by atoms with Gasteiger partial charge in [-0.3, -0.25) is 0 Å². The lowest BCUT2D eigenvalue weighted by atomic mass is 10.1. The monoisotopic (exact) mass is 299 g/mol. The summed E-state index contributed by atoms with van der Waals surface area (Å²) >= 11 is 0. The fourth-order valence-electron chi connectivity index (χ4n) is 2.47. The Morgan fingerprint density at radius 1 is 1.23 bits per heavy atom. The molecule has 3 rings (SSSR count). The number of methoxy groups -OCH3 is 1. The summed E-state index contributed by atoms with van der Waals surface area (Å²) in [4.78, 5) is 4.41. The molecule has 1 aliphatic carbocycles. The molecular weight excluding hydrogens is 281 g/mol. The summed E-state index contributed by atoms with van der Waals surface area (Å²) in [6, 6.07) is 14.3. The van der Waals surface area contributed by atoms with Crippen LogP contribution in [-0.4, -0.2) is 19.1 Å². The van der Waals surface area contributed by atoms with Crippen LogP contribution in [0.15, 0.2) is 53.5 Å². The summed E-state index contributed by atoms with van der Waals surface area (Å²) in [5.41, 5.74) is 7.46. The third kappa shape index (κ3) is 3.19. The van der Waals surface area contributed by atoms with E-state index < -0.39 is 0 Å². The normalized spacial score (nSPS) is 20.5. The van der Waals surface area contributed by atoms with Gasteiger partial charge in [0.15, 0.2) is 5.96 Å². The molecule has 2 unspecified atom stereocenters. The summed E-state index contributed by atoms with van der Waals surface area (Å²) in [6.07, 6.45) is 0.825. The summed E-state index contributed by atoms with van der Waals surface area (Å²) < 4.78 is 18.8. The highest BCUT2D eigenvalue weighted by Gasteiger charge is 2.40. The van der Waals surface area contributed by atoms with Gasteiger partial charge in [0, 0.05) is 11.6 Å². The predicted octanol–water partition coefficient (Wildman–Crippen LogP) is 3.12. The van der Waals surface area contributed by atoms with Crippen molar-refractivity contribution in [3.8, 4) is 5.75 Å². The maximum atomic E-state index is 13.7. The number of ether oxygens (including phenoxy) is 1. The molecule has 2 aromatic rings. The van der Waals surface area contributed by atoms with Crippen LogP contribution in [0, 0.1) is 5.82 Å². The van der Waals surface area contributed by atoms with Crippen molar-refractivity contribution in [3.63, 3.8) is 0 Å². The molecule has 0 aromatic heterocycles. The smallest absolute Gasteiger partial charge is 0.193 e. The van der Waals surface area contributed by atoms with Crippen molar-refractivity contribution in [2.24, 2.45) is 10.7 Å². The van der Waals surface area contributed by atoms with Crippen LogP contribution in [-0.2, 0) is 0 Å². The van der Waals surface area contributed by atoms with Gasteiger partial charge in [-0.25, -0.2) is 9.38 Å². The first kappa shape index (κ1) is 14.4.